The molecule has 1 aliphatic heterocycles. The Balaban J connectivity index is 2.20. The molecule has 0 saturated heterocycles. The maximum Gasteiger partial charge on any atom is 0.162 e. The molecule has 1 heterocycles. The lowest BCUT2D eigenvalue weighted by molar-refractivity contribution is -0.118. The zero-order valence-corrected chi connectivity index (χ0v) is 10.4. The van der Waals surface area contributed by atoms with Crippen molar-refractivity contribution >= 4 is 5.78 Å². The van der Waals surface area contributed by atoms with Gasteiger partial charge in [-0.25, -0.2) is 0 Å². The number of carbonyl (C=O) groups is 1. The zero-order valence-electron chi connectivity index (χ0n) is 10.4. The van der Waals surface area contributed by atoms with Gasteiger partial charge in [0.2, 0.25) is 0 Å². The van der Waals surface area contributed by atoms with Crippen LogP contribution >= 0.6 is 0 Å². The van der Waals surface area contributed by atoms with Gasteiger partial charge >= 0.3 is 0 Å². The Morgan fingerprint density at radius 2 is 2.12 bits per heavy atom. The van der Waals surface area contributed by atoms with E-state index in [4.69, 9.17) is 4.74 Å². The predicted molar refractivity (Wildman–Crippen MR) is 64.1 cm³/mol. The number of hydrogen-bond acceptors (Lipinski definition) is 2. The van der Waals surface area contributed by atoms with Crippen LogP contribution in [0.3, 0.4) is 0 Å². The van der Waals surface area contributed by atoms with Crippen LogP contribution in [0.25, 0.3) is 0 Å². The van der Waals surface area contributed by atoms with Gasteiger partial charge in [-0.1, -0.05) is 20.3 Å². The molecule has 1 aliphatic carbocycles. The molecule has 2 nitrogen and oxygen atoms in total. The quantitative estimate of drug-likeness (QED) is 0.729. The van der Waals surface area contributed by atoms with E-state index >= 15 is 0 Å². The van der Waals surface area contributed by atoms with Crippen molar-refractivity contribution in [3.05, 3.63) is 11.3 Å². The molecule has 0 aromatic rings. The molecular formula is C14H22O2. The molecule has 0 aromatic carbocycles. The standard InChI is InChI=1S/C14H22O2/c1-3-6-11-9-10(4-2)14-12(15)7-5-8-13(14)16-11/h10-11H,3-9H2,1-2H3/t10-,11?/m1/s1. The number of ether oxygens (including phenoxy) is 1. The van der Waals surface area contributed by atoms with Crippen LogP contribution in [0, 0.1) is 5.92 Å². The number of ketones is 1. The maximum absolute atomic E-state index is 11.9. The van der Waals surface area contributed by atoms with Gasteiger partial charge in [0.05, 0.1) is 6.10 Å². The van der Waals surface area contributed by atoms with Crippen molar-refractivity contribution in [3.63, 3.8) is 0 Å². The first kappa shape index (κ1) is 11.7. The highest BCUT2D eigenvalue weighted by atomic mass is 16.5. The molecule has 2 rings (SSSR count). The maximum atomic E-state index is 11.9. The van der Waals surface area contributed by atoms with Gasteiger partial charge in [-0.2, -0.15) is 0 Å². The number of rotatable bonds is 3. The fraction of sp³-hybridized carbons (Fsp3) is 0.786. The summed E-state index contributed by atoms with van der Waals surface area (Å²) in [5.41, 5.74) is 1.04. The minimum atomic E-state index is 0.350. The van der Waals surface area contributed by atoms with Crippen molar-refractivity contribution in [2.45, 2.75) is 64.9 Å². The first-order chi connectivity index (χ1) is 7.76. The Morgan fingerprint density at radius 3 is 2.81 bits per heavy atom. The molecule has 0 saturated carbocycles. The summed E-state index contributed by atoms with van der Waals surface area (Å²) in [5, 5.41) is 0. The topological polar surface area (TPSA) is 26.3 Å². The molecule has 2 aliphatic rings. The smallest absolute Gasteiger partial charge is 0.162 e. The van der Waals surface area contributed by atoms with Gasteiger partial charge in [0.1, 0.15) is 5.76 Å². The fourth-order valence-electron chi connectivity index (χ4n) is 2.97. The normalized spacial score (nSPS) is 30.0. The summed E-state index contributed by atoms with van der Waals surface area (Å²) in [5.74, 6) is 1.85. The first-order valence-corrected chi connectivity index (χ1v) is 6.69. The number of hydrogen-bond donors (Lipinski definition) is 0. The lowest BCUT2D eigenvalue weighted by atomic mass is 9.80. The summed E-state index contributed by atoms with van der Waals surface area (Å²) < 4.78 is 5.99. The van der Waals surface area contributed by atoms with Crippen LogP contribution in [0.2, 0.25) is 0 Å². The summed E-state index contributed by atoms with van der Waals surface area (Å²) >= 11 is 0. The van der Waals surface area contributed by atoms with E-state index in [0.29, 0.717) is 17.8 Å². The van der Waals surface area contributed by atoms with Gasteiger partial charge in [-0.05, 0) is 31.6 Å². The monoisotopic (exact) mass is 222 g/mol. The molecule has 90 valence electrons. The van der Waals surface area contributed by atoms with E-state index in [-0.39, 0.29) is 0 Å². The van der Waals surface area contributed by atoms with Gasteiger partial charge < -0.3 is 4.74 Å². The van der Waals surface area contributed by atoms with Crippen LogP contribution < -0.4 is 0 Å². The second kappa shape index (κ2) is 5.03. The highest BCUT2D eigenvalue weighted by molar-refractivity contribution is 5.97. The van der Waals surface area contributed by atoms with Crippen LogP contribution in [0.15, 0.2) is 11.3 Å². The van der Waals surface area contributed by atoms with Crippen LogP contribution in [-0.2, 0) is 9.53 Å². The number of carbonyl (C=O) groups excluding carboxylic acids is 1. The van der Waals surface area contributed by atoms with E-state index < -0.39 is 0 Å². The molecule has 0 bridgehead atoms. The Hall–Kier alpha value is -0.790. The van der Waals surface area contributed by atoms with E-state index in [2.05, 4.69) is 13.8 Å². The van der Waals surface area contributed by atoms with Gasteiger partial charge in [0, 0.05) is 18.4 Å². The predicted octanol–water partition coefficient (Wildman–Crippen LogP) is 3.61. The minimum Gasteiger partial charge on any atom is -0.494 e. The van der Waals surface area contributed by atoms with E-state index in [0.717, 1.165) is 56.3 Å². The average molecular weight is 222 g/mol. The van der Waals surface area contributed by atoms with Gasteiger partial charge in [-0.15, -0.1) is 0 Å². The number of Topliss-reactive ketones (excluding diaryl/α,β-unsaturated/α-hetero) is 1. The summed E-state index contributed by atoms with van der Waals surface area (Å²) in [6.45, 7) is 4.38. The molecule has 0 aromatic heterocycles. The molecule has 0 radical (unpaired) electrons. The Kier molecular flexibility index (Phi) is 3.67. The fourth-order valence-corrected chi connectivity index (χ4v) is 2.97. The molecule has 16 heavy (non-hydrogen) atoms. The summed E-state index contributed by atoms with van der Waals surface area (Å²) in [4.78, 5) is 11.9. The largest absolute Gasteiger partial charge is 0.494 e. The van der Waals surface area contributed by atoms with Crippen molar-refractivity contribution in [1.29, 1.82) is 0 Å². The van der Waals surface area contributed by atoms with Gasteiger partial charge in [-0.3, -0.25) is 4.79 Å². The highest BCUT2D eigenvalue weighted by Gasteiger charge is 2.34. The molecule has 0 N–H and O–H groups in total. The third-order valence-corrected chi connectivity index (χ3v) is 3.78. The van der Waals surface area contributed by atoms with Crippen LogP contribution in [0.5, 0.6) is 0 Å². The van der Waals surface area contributed by atoms with Crippen molar-refractivity contribution in [1.82, 2.24) is 0 Å². The van der Waals surface area contributed by atoms with Gasteiger partial charge in [0.25, 0.3) is 0 Å². The molecular weight excluding hydrogens is 200 g/mol. The zero-order chi connectivity index (χ0) is 11.5. The molecule has 0 spiro atoms. The van der Waals surface area contributed by atoms with Crippen molar-refractivity contribution in [2.24, 2.45) is 5.92 Å². The SMILES string of the molecule is CCCC1C[C@@H](CC)C2=C(CCCC2=O)O1. The lowest BCUT2D eigenvalue weighted by Gasteiger charge is -2.35. The summed E-state index contributed by atoms with van der Waals surface area (Å²) in [6, 6.07) is 0. The van der Waals surface area contributed by atoms with Crippen molar-refractivity contribution in [2.75, 3.05) is 0 Å². The lowest BCUT2D eigenvalue weighted by Crippen LogP contribution is -2.31. The Morgan fingerprint density at radius 1 is 1.31 bits per heavy atom. The molecule has 1 unspecified atom stereocenters. The average Bonchev–Trinajstić information content (AvgIpc) is 2.28. The van der Waals surface area contributed by atoms with Crippen molar-refractivity contribution < 1.29 is 9.53 Å². The number of allylic oxidation sites excluding steroid dienone is 2. The highest BCUT2D eigenvalue weighted by Crippen LogP contribution is 2.38. The van der Waals surface area contributed by atoms with E-state index in [1.165, 1.54) is 0 Å². The molecule has 2 atom stereocenters. The van der Waals surface area contributed by atoms with Crippen molar-refractivity contribution in [3.8, 4) is 0 Å². The van der Waals surface area contributed by atoms with Crippen LogP contribution in [-0.4, -0.2) is 11.9 Å². The van der Waals surface area contributed by atoms with Crippen LogP contribution in [0.1, 0.15) is 58.8 Å². The second-order valence-corrected chi connectivity index (χ2v) is 4.98. The molecule has 0 fully saturated rings. The minimum absolute atomic E-state index is 0.350. The van der Waals surface area contributed by atoms with Crippen LogP contribution in [0.4, 0.5) is 0 Å². The van der Waals surface area contributed by atoms with E-state index in [1.807, 2.05) is 0 Å². The van der Waals surface area contributed by atoms with Gasteiger partial charge in [0.15, 0.2) is 5.78 Å². The Labute approximate surface area is 98.1 Å². The summed E-state index contributed by atoms with van der Waals surface area (Å²) in [7, 11) is 0. The molecule has 0 amide bonds. The Bertz CT molecular complexity index is 304. The third kappa shape index (κ3) is 2.16. The summed E-state index contributed by atoms with van der Waals surface area (Å²) in [6.07, 6.45) is 7.48. The molecule has 2 heteroatoms. The van der Waals surface area contributed by atoms with E-state index in [9.17, 15) is 4.79 Å². The van der Waals surface area contributed by atoms with E-state index in [1.54, 1.807) is 0 Å². The third-order valence-electron chi connectivity index (χ3n) is 3.78. The second-order valence-electron chi connectivity index (χ2n) is 4.98. The first-order valence-electron chi connectivity index (χ1n) is 6.69.